The van der Waals surface area contributed by atoms with E-state index < -0.39 is 0 Å². The molecule has 0 fully saturated rings. The molecule has 0 atom stereocenters. The molecule has 2 aromatic carbocycles. The monoisotopic (exact) mass is 295 g/mol. The topological polar surface area (TPSA) is 58.7 Å². The second-order valence-corrected chi connectivity index (χ2v) is 5.02. The molecule has 0 N–H and O–H groups in total. The Kier molecular flexibility index (Phi) is 3.43. The van der Waals surface area contributed by atoms with Crippen LogP contribution in [0.5, 0.6) is 0 Å². The van der Waals surface area contributed by atoms with Crippen LogP contribution in [0.15, 0.2) is 53.5 Å². The Labute approximate surface area is 125 Å². The van der Waals surface area contributed by atoms with Gasteiger partial charge in [0.1, 0.15) is 0 Å². The quantitative estimate of drug-likeness (QED) is 0.730. The largest absolute Gasteiger partial charge is 0.274 e. The van der Waals surface area contributed by atoms with Gasteiger partial charge in [0.15, 0.2) is 0 Å². The van der Waals surface area contributed by atoms with Crippen molar-refractivity contribution < 1.29 is 0 Å². The highest BCUT2D eigenvalue weighted by Gasteiger charge is 2.07. The van der Waals surface area contributed by atoms with Crippen molar-refractivity contribution in [2.75, 3.05) is 0 Å². The first kappa shape index (κ1) is 13.3. The third-order valence-corrected chi connectivity index (χ3v) is 3.62. The number of aromatic nitrogens is 2. The van der Waals surface area contributed by atoms with Crippen LogP contribution in [-0.2, 0) is 6.54 Å². The zero-order chi connectivity index (χ0) is 14.8. The van der Waals surface area contributed by atoms with E-state index in [1.807, 2.05) is 24.3 Å². The maximum Gasteiger partial charge on any atom is 0.274 e. The number of benzene rings is 2. The molecule has 3 rings (SSSR count). The Morgan fingerprint density at radius 1 is 1.24 bits per heavy atom. The molecular weight excluding hydrogens is 286 g/mol. The van der Waals surface area contributed by atoms with Crippen LogP contribution in [0.2, 0.25) is 5.02 Å². The van der Waals surface area contributed by atoms with Gasteiger partial charge in [-0.1, -0.05) is 35.9 Å². The van der Waals surface area contributed by atoms with Crippen LogP contribution in [0.4, 0.5) is 0 Å². The van der Waals surface area contributed by atoms with Gasteiger partial charge in [-0.05, 0) is 23.8 Å². The first-order chi connectivity index (χ1) is 10.2. The summed E-state index contributed by atoms with van der Waals surface area (Å²) in [6.45, 7) is 0.272. The lowest BCUT2D eigenvalue weighted by molar-refractivity contribution is 0.647. The van der Waals surface area contributed by atoms with Gasteiger partial charge >= 0.3 is 0 Å². The van der Waals surface area contributed by atoms with Crippen molar-refractivity contribution >= 4 is 22.4 Å². The highest BCUT2D eigenvalue weighted by atomic mass is 35.5. The molecule has 0 spiro atoms. The molecule has 0 saturated heterocycles. The number of rotatable bonds is 2. The highest BCUT2D eigenvalue weighted by molar-refractivity contribution is 6.31. The van der Waals surface area contributed by atoms with Crippen LogP contribution in [0.3, 0.4) is 0 Å². The number of fused-ring (bicyclic) bond motifs is 1. The van der Waals surface area contributed by atoms with Gasteiger partial charge in [-0.15, -0.1) is 0 Å². The van der Waals surface area contributed by atoms with Crippen LogP contribution in [0, 0.1) is 11.3 Å². The Morgan fingerprint density at radius 2 is 2.05 bits per heavy atom. The molecule has 1 aromatic heterocycles. The van der Waals surface area contributed by atoms with E-state index in [1.54, 1.807) is 30.5 Å². The smallest absolute Gasteiger partial charge is 0.267 e. The van der Waals surface area contributed by atoms with Crippen LogP contribution >= 0.6 is 11.6 Å². The molecule has 102 valence electrons. The van der Waals surface area contributed by atoms with Gasteiger partial charge in [-0.2, -0.15) is 10.4 Å². The standard InChI is InChI=1S/C16H10ClN3O/c17-15-7-11(8-18)5-6-13(15)10-20-16(21)14-4-2-1-3-12(14)9-19-20/h1-7,9H,10H2. The molecule has 0 aliphatic carbocycles. The van der Waals surface area contributed by atoms with E-state index in [4.69, 9.17) is 16.9 Å². The minimum Gasteiger partial charge on any atom is -0.267 e. The lowest BCUT2D eigenvalue weighted by Gasteiger charge is -2.08. The maximum atomic E-state index is 12.4. The fraction of sp³-hybridized carbons (Fsp3) is 0.0625. The second kappa shape index (κ2) is 5.39. The van der Waals surface area contributed by atoms with E-state index in [9.17, 15) is 4.79 Å². The Morgan fingerprint density at radius 3 is 2.81 bits per heavy atom. The first-order valence-electron chi connectivity index (χ1n) is 6.32. The SMILES string of the molecule is N#Cc1ccc(Cn2ncc3ccccc3c2=O)c(Cl)c1. The lowest BCUT2D eigenvalue weighted by atomic mass is 10.1. The Balaban J connectivity index is 2.05. The normalized spacial score (nSPS) is 10.5. The highest BCUT2D eigenvalue weighted by Crippen LogP contribution is 2.18. The first-order valence-corrected chi connectivity index (χ1v) is 6.70. The summed E-state index contributed by atoms with van der Waals surface area (Å²) in [7, 11) is 0. The van der Waals surface area contributed by atoms with Crippen molar-refractivity contribution in [1.82, 2.24) is 9.78 Å². The summed E-state index contributed by atoms with van der Waals surface area (Å²) < 4.78 is 1.37. The number of halogens is 1. The summed E-state index contributed by atoms with van der Waals surface area (Å²) in [4.78, 5) is 12.4. The van der Waals surface area contributed by atoms with Gasteiger partial charge in [0.05, 0.1) is 29.8 Å². The molecule has 0 saturated carbocycles. The predicted molar refractivity (Wildman–Crippen MR) is 81.3 cm³/mol. The number of nitriles is 1. The van der Waals surface area contributed by atoms with Crippen molar-refractivity contribution in [2.24, 2.45) is 0 Å². The average Bonchev–Trinajstić information content (AvgIpc) is 2.52. The molecule has 3 aromatic rings. The minimum atomic E-state index is -0.159. The van der Waals surface area contributed by atoms with E-state index in [-0.39, 0.29) is 12.1 Å². The second-order valence-electron chi connectivity index (χ2n) is 4.61. The van der Waals surface area contributed by atoms with Crippen molar-refractivity contribution in [3.63, 3.8) is 0 Å². The van der Waals surface area contributed by atoms with Crippen LogP contribution in [-0.4, -0.2) is 9.78 Å². The van der Waals surface area contributed by atoms with Crippen LogP contribution < -0.4 is 5.56 Å². The van der Waals surface area contributed by atoms with Crippen molar-refractivity contribution in [2.45, 2.75) is 6.54 Å². The summed E-state index contributed by atoms with van der Waals surface area (Å²) in [5, 5.41) is 14.9. The molecule has 0 amide bonds. The number of hydrogen-bond acceptors (Lipinski definition) is 3. The lowest BCUT2D eigenvalue weighted by Crippen LogP contribution is -2.23. The molecule has 4 nitrogen and oxygen atoms in total. The molecule has 21 heavy (non-hydrogen) atoms. The van der Waals surface area contributed by atoms with E-state index in [1.165, 1.54) is 4.68 Å². The van der Waals surface area contributed by atoms with Gasteiger partial charge in [0.25, 0.3) is 5.56 Å². The third-order valence-electron chi connectivity index (χ3n) is 3.26. The third kappa shape index (κ3) is 2.51. The van der Waals surface area contributed by atoms with Gasteiger partial charge < -0.3 is 0 Å². The molecule has 5 heteroatoms. The molecule has 1 heterocycles. The molecule has 0 radical (unpaired) electrons. The minimum absolute atomic E-state index is 0.159. The number of hydrogen-bond donors (Lipinski definition) is 0. The van der Waals surface area contributed by atoms with E-state index in [0.29, 0.717) is 16.0 Å². The van der Waals surface area contributed by atoms with E-state index >= 15 is 0 Å². The summed E-state index contributed by atoms with van der Waals surface area (Å²) >= 11 is 6.13. The van der Waals surface area contributed by atoms with E-state index in [0.717, 1.165) is 10.9 Å². The molecular formula is C16H10ClN3O. The molecule has 0 aliphatic rings. The predicted octanol–water partition coefficient (Wildman–Crippen LogP) is 2.97. The van der Waals surface area contributed by atoms with Gasteiger partial charge in [0.2, 0.25) is 0 Å². The molecule has 0 bridgehead atoms. The molecule has 0 unspecified atom stereocenters. The Hall–Kier alpha value is -2.64. The zero-order valence-electron chi connectivity index (χ0n) is 11.0. The van der Waals surface area contributed by atoms with Crippen molar-refractivity contribution in [3.8, 4) is 6.07 Å². The average molecular weight is 296 g/mol. The summed E-state index contributed by atoms with van der Waals surface area (Å²) in [6, 6.07) is 14.3. The number of nitrogens with zero attached hydrogens (tertiary/aromatic N) is 3. The fourth-order valence-corrected chi connectivity index (χ4v) is 2.39. The Bertz CT molecular complexity index is 925. The van der Waals surface area contributed by atoms with Crippen molar-refractivity contribution in [1.29, 1.82) is 5.26 Å². The zero-order valence-corrected chi connectivity index (χ0v) is 11.7. The van der Waals surface area contributed by atoms with Crippen LogP contribution in [0.25, 0.3) is 10.8 Å². The maximum absolute atomic E-state index is 12.4. The summed E-state index contributed by atoms with van der Waals surface area (Å²) in [5.41, 5.74) is 1.08. The summed E-state index contributed by atoms with van der Waals surface area (Å²) in [5.74, 6) is 0. The fourth-order valence-electron chi connectivity index (χ4n) is 2.15. The van der Waals surface area contributed by atoms with Crippen LogP contribution in [0.1, 0.15) is 11.1 Å². The van der Waals surface area contributed by atoms with Gasteiger partial charge in [-0.3, -0.25) is 4.79 Å². The summed E-state index contributed by atoms with van der Waals surface area (Å²) in [6.07, 6.45) is 1.66. The van der Waals surface area contributed by atoms with Crippen molar-refractivity contribution in [3.05, 3.63) is 75.2 Å². The van der Waals surface area contributed by atoms with Gasteiger partial charge in [0, 0.05) is 10.4 Å². The van der Waals surface area contributed by atoms with E-state index in [2.05, 4.69) is 5.10 Å². The van der Waals surface area contributed by atoms with Gasteiger partial charge in [-0.25, -0.2) is 4.68 Å². The molecule has 0 aliphatic heterocycles.